The molecule has 1 heterocycles. The third-order valence-electron chi connectivity index (χ3n) is 6.37. The van der Waals surface area contributed by atoms with Crippen molar-refractivity contribution in [3.63, 3.8) is 0 Å². The number of carbonyl (C=O) groups is 1. The summed E-state index contributed by atoms with van der Waals surface area (Å²) in [7, 11) is -3.13. The second kappa shape index (κ2) is 10.3. The van der Waals surface area contributed by atoms with Crippen LogP contribution in [-0.2, 0) is 21.2 Å². The molecule has 1 aliphatic rings. The lowest BCUT2D eigenvalue weighted by atomic mass is 10.0. The van der Waals surface area contributed by atoms with Crippen LogP contribution in [0.25, 0.3) is 0 Å². The maximum absolute atomic E-state index is 13.6. The standard InChI is InChI=1S/C27H37NO4S/c1-18(2)23-10-8-22(9-11-23)16-28(24-13-14-33(30,31)17-24)27(29)21(6)32-26-15-20(5)7-12-25(26)19(3)4/h7-12,15,18-19,21,24H,13-14,16-17H2,1-6H3/t21-,24+/m0/s1. The van der Waals surface area contributed by atoms with Crippen LogP contribution in [-0.4, -0.2) is 42.9 Å². The summed E-state index contributed by atoms with van der Waals surface area (Å²) in [5.74, 6) is 1.36. The van der Waals surface area contributed by atoms with Crippen molar-refractivity contribution in [2.75, 3.05) is 11.5 Å². The molecule has 2 aromatic rings. The molecule has 1 amide bonds. The summed E-state index contributed by atoms with van der Waals surface area (Å²) in [5, 5.41) is 0. The highest BCUT2D eigenvalue weighted by Crippen LogP contribution is 2.29. The maximum Gasteiger partial charge on any atom is 0.263 e. The van der Waals surface area contributed by atoms with Crippen LogP contribution in [0.4, 0.5) is 0 Å². The first kappa shape index (κ1) is 25.3. The minimum atomic E-state index is -3.13. The average Bonchev–Trinajstić information content (AvgIpc) is 3.11. The Kier molecular flexibility index (Phi) is 7.88. The number of aryl methyl sites for hydroxylation is 1. The van der Waals surface area contributed by atoms with Gasteiger partial charge in [0.25, 0.3) is 5.91 Å². The van der Waals surface area contributed by atoms with E-state index in [2.05, 4.69) is 39.8 Å². The van der Waals surface area contributed by atoms with E-state index in [1.54, 1.807) is 11.8 Å². The van der Waals surface area contributed by atoms with E-state index >= 15 is 0 Å². The van der Waals surface area contributed by atoms with Gasteiger partial charge >= 0.3 is 0 Å². The highest BCUT2D eigenvalue weighted by atomic mass is 32.2. The number of hydrogen-bond donors (Lipinski definition) is 0. The fourth-order valence-electron chi connectivity index (χ4n) is 4.31. The Labute approximate surface area is 199 Å². The minimum absolute atomic E-state index is 0.0111. The summed E-state index contributed by atoms with van der Waals surface area (Å²) in [6, 6.07) is 13.9. The predicted molar refractivity (Wildman–Crippen MR) is 133 cm³/mol. The fraction of sp³-hybridized carbons (Fsp3) is 0.519. The van der Waals surface area contributed by atoms with Crippen LogP contribution in [0.1, 0.15) is 75.1 Å². The second-order valence-electron chi connectivity index (χ2n) is 9.88. The monoisotopic (exact) mass is 471 g/mol. The normalized spacial score (nSPS) is 18.5. The molecule has 0 N–H and O–H groups in total. The molecule has 0 saturated carbocycles. The molecule has 0 aromatic heterocycles. The Hall–Kier alpha value is -2.34. The van der Waals surface area contributed by atoms with E-state index in [0.29, 0.717) is 24.6 Å². The van der Waals surface area contributed by atoms with E-state index in [1.807, 2.05) is 37.3 Å². The molecule has 6 heteroatoms. The molecule has 33 heavy (non-hydrogen) atoms. The zero-order valence-corrected chi connectivity index (χ0v) is 21.5. The number of amides is 1. The molecule has 0 radical (unpaired) electrons. The van der Waals surface area contributed by atoms with Gasteiger partial charge in [0.2, 0.25) is 0 Å². The third kappa shape index (κ3) is 6.38. The van der Waals surface area contributed by atoms with Crippen LogP contribution in [0.15, 0.2) is 42.5 Å². The molecule has 2 atom stereocenters. The summed E-state index contributed by atoms with van der Waals surface area (Å²) in [6.45, 7) is 12.6. The van der Waals surface area contributed by atoms with E-state index in [9.17, 15) is 13.2 Å². The lowest BCUT2D eigenvalue weighted by Crippen LogP contribution is -2.46. The quantitative estimate of drug-likeness (QED) is 0.529. The zero-order chi connectivity index (χ0) is 24.3. The van der Waals surface area contributed by atoms with Crippen molar-refractivity contribution in [3.05, 3.63) is 64.7 Å². The first-order valence-corrected chi connectivity index (χ1v) is 13.7. The maximum atomic E-state index is 13.6. The first-order chi connectivity index (χ1) is 15.5. The van der Waals surface area contributed by atoms with Gasteiger partial charge < -0.3 is 9.64 Å². The van der Waals surface area contributed by atoms with Crippen molar-refractivity contribution in [3.8, 4) is 5.75 Å². The van der Waals surface area contributed by atoms with Crippen LogP contribution >= 0.6 is 0 Å². The third-order valence-corrected chi connectivity index (χ3v) is 8.12. The smallest absolute Gasteiger partial charge is 0.263 e. The molecule has 0 unspecified atom stereocenters. The SMILES string of the molecule is Cc1ccc(C(C)C)c(O[C@@H](C)C(=O)N(Cc2ccc(C(C)C)cc2)[C@@H]2CCS(=O)(=O)C2)c1. The van der Waals surface area contributed by atoms with E-state index in [1.165, 1.54) is 5.56 Å². The first-order valence-electron chi connectivity index (χ1n) is 11.8. The minimum Gasteiger partial charge on any atom is -0.481 e. The van der Waals surface area contributed by atoms with E-state index in [-0.39, 0.29) is 29.4 Å². The van der Waals surface area contributed by atoms with Crippen molar-refractivity contribution in [2.24, 2.45) is 0 Å². The Morgan fingerprint density at radius 3 is 2.24 bits per heavy atom. The molecule has 5 nitrogen and oxygen atoms in total. The number of hydrogen-bond acceptors (Lipinski definition) is 4. The topological polar surface area (TPSA) is 63.7 Å². The fourth-order valence-corrected chi connectivity index (χ4v) is 6.04. The van der Waals surface area contributed by atoms with Crippen LogP contribution < -0.4 is 4.74 Å². The predicted octanol–water partition coefficient (Wildman–Crippen LogP) is 5.23. The average molecular weight is 472 g/mol. The largest absolute Gasteiger partial charge is 0.481 e. The second-order valence-corrected chi connectivity index (χ2v) is 12.1. The summed E-state index contributed by atoms with van der Waals surface area (Å²) in [4.78, 5) is 15.3. The van der Waals surface area contributed by atoms with Crippen molar-refractivity contribution in [1.29, 1.82) is 0 Å². The van der Waals surface area contributed by atoms with Crippen molar-refractivity contribution >= 4 is 15.7 Å². The lowest BCUT2D eigenvalue weighted by Gasteiger charge is -2.31. The van der Waals surface area contributed by atoms with Gasteiger partial charge in [-0.25, -0.2) is 8.42 Å². The Morgan fingerprint density at radius 2 is 1.70 bits per heavy atom. The van der Waals surface area contributed by atoms with E-state index in [4.69, 9.17) is 4.74 Å². The Bertz CT molecular complexity index is 1070. The van der Waals surface area contributed by atoms with Crippen LogP contribution in [0.3, 0.4) is 0 Å². The molecule has 1 fully saturated rings. The molecule has 3 rings (SSSR count). The van der Waals surface area contributed by atoms with E-state index in [0.717, 1.165) is 16.7 Å². The molecule has 0 spiro atoms. The van der Waals surface area contributed by atoms with E-state index < -0.39 is 15.9 Å². The molecule has 2 aromatic carbocycles. The Balaban J connectivity index is 1.85. The molecular weight excluding hydrogens is 434 g/mol. The highest BCUT2D eigenvalue weighted by Gasteiger charge is 2.36. The zero-order valence-electron chi connectivity index (χ0n) is 20.7. The van der Waals surface area contributed by atoms with Gasteiger partial charge in [0.1, 0.15) is 5.75 Å². The molecule has 1 saturated heterocycles. The number of rotatable bonds is 8. The van der Waals surface area contributed by atoms with Crippen LogP contribution in [0.2, 0.25) is 0 Å². The number of benzene rings is 2. The van der Waals surface area contributed by atoms with Gasteiger partial charge in [-0.3, -0.25) is 4.79 Å². The molecule has 0 aliphatic carbocycles. The highest BCUT2D eigenvalue weighted by molar-refractivity contribution is 7.91. The molecular formula is C27H37NO4S. The van der Waals surface area contributed by atoms with Crippen LogP contribution in [0, 0.1) is 6.92 Å². The van der Waals surface area contributed by atoms with Gasteiger partial charge in [0.05, 0.1) is 11.5 Å². The lowest BCUT2D eigenvalue weighted by molar-refractivity contribution is -0.140. The Morgan fingerprint density at radius 1 is 1.03 bits per heavy atom. The number of carbonyl (C=O) groups excluding carboxylic acids is 1. The van der Waals surface area contributed by atoms with Crippen molar-refractivity contribution in [2.45, 2.75) is 78.5 Å². The van der Waals surface area contributed by atoms with Gasteiger partial charge in [-0.05, 0) is 60.4 Å². The summed E-state index contributed by atoms with van der Waals surface area (Å²) < 4.78 is 30.6. The molecule has 0 bridgehead atoms. The number of sulfone groups is 1. The van der Waals surface area contributed by atoms with Crippen molar-refractivity contribution in [1.82, 2.24) is 4.90 Å². The summed E-state index contributed by atoms with van der Waals surface area (Å²) in [6.07, 6.45) is -0.255. The van der Waals surface area contributed by atoms with Gasteiger partial charge in [-0.1, -0.05) is 64.1 Å². The summed E-state index contributed by atoms with van der Waals surface area (Å²) in [5.41, 5.74) is 4.35. The number of nitrogens with zero attached hydrogens (tertiary/aromatic N) is 1. The number of ether oxygens (including phenoxy) is 1. The van der Waals surface area contributed by atoms with Gasteiger partial charge in [0.15, 0.2) is 15.9 Å². The van der Waals surface area contributed by atoms with Gasteiger partial charge in [-0.2, -0.15) is 0 Å². The summed E-state index contributed by atoms with van der Waals surface area (Å²) >= 11 is 0. The van der Waals surface area contributed by atoms with Crippen LogP contribution in [0.5, 0.6) is 5.75 Å². The molecule has 180 valence electrons. The molecule has 1 aliphatic heterocycles. The van der Waals surface area contributed by atoms with Crippen molar-refractivity contribution < 1.29 is 17.9 Å². The van der Waals surface area contributed by atoms with Gasteiger partial charge in [-0.15, -0.1) is 0 Å². The van der Waals surface area contributed by atoms with Gasteiger partial charge in [0, 0.05) is 12.6 Å².